The van der Waals surface area contributed by atoms with Crippen LogP contribution in [-0.4, -0.2) is 51.0 Å². The van der Waals surface area contributed by atoms with Crippen LogP contribution in [0.2, 0.25) is 0 Å². The molecule has 8 heteroatoms. The first-order valence-corrected chi connectivity index (χ1v) is 11.7. The summed E-state index contributed by atoms with van der Waals surface area (Å²) in [4.78, 5) is 11.8. The molecule has 150 valence electrons. The highest BCUT2D eigenvalue weighted by Crippen LogP contribution is 2.60. The van der Waals surface area contributed by atoms with Gasteiger partial charge in [0.1, 0.15) is 9.84 Å². The number of ether oxygens (including phenoxy) is 3. The van der Waals surface area contributed by atoms with Crippen molar-refractivity contribution in [3.05, 3.63) is 0 Å². The summed E-state index contributed by atoms with van der Waals surface area (Å²) in [6.45, 7) is 6.37. The van der Waals surface area contributed by atoms with Gasteiger partial charge in [0, 0.05) is 24.5 Å². The van der Waals surface area contributed by atoms with E-state index in [1.54, 1.807) is 0 Å². The number of fused-ring (bicyclic) bond motifs is 2. The molecule has 2 bridgehead atoms. The van der Waals surface area contributed by atoms with Crippen molar-refractivity contribution in [2.45, 2.75) is 70.4 Å². The quantitative estimate of drug-likeness (QED) is 0.681. The van der Waals surface area contributed by atoms with E-state index in [4.69, 9.17) is 24.0 Å². The molecule has 5 fully saturated rings. The number of sulfone groups is 1. The second-order valence-corrected chi connectivity index (χ2v) is 11.0. The predicted molar refractivity (Wildman–Crippen MR) is 92.5 cm³/mol. The van der Waals surface area contributed by atoms with Crippen LogP contribution < -0.4 is 0 Å². The summed E-state index contributed by atoms with van der Waals surface area (Å²) in [6.07, 6.45) is 4.03. The first-order valence-electron chi connectivity index (χ1n) is 9.64. The third kappa shape index (κ3) is 3.02. The fourth-order valence-corrected chi connectivity index (χ4v) is 5.78. The van der Waals surface area contributed by atoms with Crippen LogP contribution in [0.25, 0.3) is 0 Å². The van der Waals surface area contributed by atoms with Crippen molar-refractivity contribution in [3.63, 3.8) is 0 Å². The highest BCUT2D eigenvalue weighted by molar-refractivity contribution is 7.90. The van der Waals surface area contributed by atoms with Gasteiger partial charge in [0.05, 0.1) is 12.4 Å². The Balaban J connectivity index is 1.60. The minimum atomic E-state index is -3.07. The Morgan fingerprint density at radius 2 is 1.88 bits per heavy atom. The molecule has 8 atom stereocenters. The molecule has 0 aromatic carbocycles. The Labute approximate surface area is 155 Å². The zero-order valence-corrected chi connectivity index (χ0v) is 16.8. The Morgan fingerprint density at radius 3 is 2.62 bits per heavy atom. The summed E-state index contributed by atoms with van der Waals surface area (Å²) in [5.74, 6) is 0.256. The SMILES string of the molecule is C[C@H]1[C@@H](OCCS(C)(=O)=O)O[C@@H]2O[C@@]3(C)CC[C@H]4[C@H](C)CC[C@@H]1[C@@]24OO3. The molecule has 5 rings (SSSR count). The minimum absolute atomic E-state index is 0.0160. The lowest BCUT2D eigenvalue weighted by Crippen LogP contribution is -2.70. The van der Waals surface area contributed by atoms with E-state index in [1.807, 2.05) is 6.92 Å². The lowest BCUT2D eigenvalue weighted by molar-refractivity contribution is -0.577. The van der Waals surface area contributed by atoms with Crippen LogP contribution in [0.3, 0.4) is 0 Å². The average Bonchev–Trinajstić information content (AvgIpc) is 2.77. The van der Waals surface area contributed by atoms with Gasteiger partial charge in [-0.05, 0) is 38.0 Å². The van der Waals surface area contributed by atoms with E-state index < -0.39 is 33.8 Å². The van der Waals surface area contributed by atoms with E-state index in [0.29, 0.717) is 11.8 Å². The maximum Gasteiger partial charge on any atom is 0.201 e. The molecular weight excluding hydrogens is 360 g/mol. The molecule has 1 aliphatic carbocycles. The average molecular weight is 390 g/mol. The molecule has 0 aromatic heterocycles. The van der Waals surface area contributed by atoms with E-state index in [2.05, 4.69) is 13.8 Å². The zero-order chi connectivity index (χ0) is 18.7. The molecule has 4 heterocycles. The molecule has 4 aliphatic heterocycles. The van der Waals surface area contributed by atoms with Gasteiger partial charge in [-0.25, -0.2) is 18.2 Å². The first-order chi connectivity index (χ1) is 12.1. The molecule has 7 nitrogen and oxygen atoms in total. The molecular formula is C18H30O7S. The highest BCUT2D eigenvalue weighted by Gasteiger charge is 2.69. The van der Waals surface area contributed by atoms with Gasteiger partial charge in [-0.3, -0.25) is 0 Å². The van der Waals surface area contributed by atoms with Crippen LogP contribution in [0, 0.1) is 23.7 Å². The van der Waals surface area contributed by atoms with Crippen molar-refractivity contribution < 1.29 is 32.4 Å². The smallest absolute Gasteiger partial charge is 0.201 e. The summed E-state index contributed by atoms with van der Waals surface area (Å²) in [5.41, 5.74) is -0.607. The predicted octanol–water partition coefficient (Wildman–Crippen LogP) is 2.26. The molecule has 1 spiro atoms. The van der Waals surface area contributed by atoms with Crippen LogP contribution in [-0.2, 0) is 33.8 Å². The molecule has 0 N–H and O–H groups in total. The molecule has 1 saturated carbocycles. The van der Waals surface area contributed by atoms with Crippen molar-refractivity contribution in [1.82, 2.24) is 0 Å². The van der Waals surface area contributed by atoms with Gasteiger partial charge in [0.15, 0.2) is 18.2 Å². The van der Waals surface area contributed by atoms with E-state index >= 15 is 0 Å². The normalized spacial score (nSPS) is 50.9. The topological polar surface area (TPSA) is 80.3 Å². The van der Waals surface area contributed by atoms with Gasteiger partial charge in [0.25, 0.3) is 0 Å². The van der Waals surface area contributed by atoms with Crippen LogP contribution >= 0.6 is 0 Å². The Hall–Kier alpha value is -0.250. The van der Waals surface area contributed by atoms with Gasteiger partial charge >= 0.3 is 0 Å². The number of hydrogen-bond donors (Lipinski definition) is 0. The summed E-state index contributed by atoms with van der Waals surface area (Å²) in [7, 11) is -3.07. The largest absolute Gasteiger partial charge is 0.351 e. The summed E-state index contributed by atoms with van der Waals surface area (Å²) >= 11 is 0. The minimum Gasteiger partial charge on any atom is -0.351 e. The van der Waals surface area contributed by atoms with Crippen molar-refractivity contribution >= 4 is 9.84 Å². The summed E-state index contributed by atoms with van der Waals surface area (Å²) < 4.78 is 41.1. The monoisotopic (exact) mass is 390 g/mol. The second kappa shape index (κ2) is 6.39. The van der Waals surface area contributed by atoms with Gasteiger partial charge in [-0.15, -0.1) is 0 Å². The Morgan fingerprint density at radius 1 is 1.12 bits per heavy atom. The molecule has 0 aromatic rings. The van der Waals surface area contributed by atoms with Crippen LogP contribution in [0.1, 0.15) is 46.5 Å². The molecule has 26 heavy (non-hydrogen) atoms. The molecule has 0 amide bonds. The van der Waals surface area contributed by atoms with E-state index in [0.717, 1.165) is 25.7 Å². The van der Waals surface area contributed by atoms with Gasteiger partial charge < -0.3 is 14.2 Å². The second-order valence-electron chi connectivity index (χ2n) is 8.77. The van der Waals surface area contributed by atoms with E-state index in [-0.39, 0.29) is 24.2 Å². The Bertz CT molecular complexity index is 652. The maximum atomic E-state index is 11.4. The van der Waals surface area contributed by atoms with Crippen molar-refractivity contribution in [2.75, 3.05) is 18.6 Å². The van der Waals surface area contributed by atoms with Crippen LogP contribution in [0.15, 0.2) is 0 Å². The van der Waals surface area contributed by atoms with Crippen molar-refractivity contribution in [1.29, 1.82) is 0 Å². The molecule has 0 unspecified atom stereocenters. The fraction of sp³-hybridized carbons (Fsp3) is 1.00. The number of rotatable bonds is 4. The van der Waals surface area contributed by atoms with Gasteiger partial charge in [0.2, 0.25) is 5.79 Å². The van der Waals surface area contributed by atoms with Gasteiger partial charge in [-0.2, -0.15) is 0 Å². The van der Waals surface area contributed by atoms with Gasteiger partial charge in [-0.1, -0.05) is 13.8 Å². The Kier molecular flexibility index (Phi) is 4.69. The van der Waals surface area contributed by atoms with Crippen LogP contribution in [0.4, 0.5) is 0 Å². The lowest BCUT2D eigenvalue weighted by atomic mass is 9.58. The molecule has 0 radical (unpaired) electrons. The summed E-state index contributed by atoms with van der Waals surface area (Å²) in [5, 5.41) is 0. The van der Waals surface area contributed by atoms with E-state index in [1.165, 1.54) is 6.26 Å². The van der Waals surface area contributed by atoms with Crippen LogP contribution in [0.5, 0.6) is 0 Å². The highest BCUT2D eigenvalue weighted by atomic mass is 32.2. The van der Waals surface area contributed by atoms with Crippen molar-refractivity contribution in [2.24, 2.45) is 23.7 Å². The standard InChI is InChI=1S/C18H30O7S/c1-11-5-6-14-12(2)15(21-9-10-26(4,19)20)22-16-18(14)13(11)7-8-17(3,23-16)24-25-18/h11-16H,5-10H2,1-4H3/t11-,12-,13+,14+,15+,16-,17-,18-/m1/s1. The van der Waals surface area contributed by atoms with Crippen molar-refractivity contribution in [3.8, 4) is 0 Å². The molecule has 5 aliphatic rings. The molecule has 4 saturated heterocycles. The first kappa shape index (κ1) is 19.1. The summed E-state index contributed by atoms with van der Waals surface area (Å²) in [6, 6.07) is 0. The third-order valence-corrected chi connectivity index (χ3v) is 7.74. The van der Waals surface area contributed by atoms with E-state index in [9.17, 15) is 8.42 Å². The fourth-order valence-electron chi connectivity index (χ4n) is 5.38. The zero-order valence-electron chi connectivity index (χ0n) is 16.0. The maximum absolute atomic E-state index is 11.4. The number of hydrogen-bond acceptors (Lipinski definition) is 7. The third-order valence-electron chi connectivity index (χ3n) is 6.83. The lowest BCUT2D eigenvalue weighted by Gasteiger charge is -2.60.